The Labute approximate surface area is 197 Å². The summed E-state index contributed by atoms with van der Waals surface area (Å²) in [5.41, 5.74) is 2.78. The van der Waals surface area contributed by atoms with Crippen molar-refractivity contribution in [3.8, 4) is 17.2 Å². The van der Waals surface area contributed by atoms with Gasteiger partial charge < -0.3 is 14.2 Å². The first-order valence-electron chi connectivity index (χ1n) is 10.8. The number of carbonyl (C=O) groups excluding carboxylic acids is 1. The summed E-state index contributed by atoms with van der Waals surface area (Å²) in [4.78, 5) is 18.4. The van der Waals surface area contributed by atoms with Crippen molar-refractivity contribution in [1.29, 1.82) is 0 Å². The zero-order chi connectivity index (χ0) is 23.2. The Balaban J connectivity index is 1.79. The molecule has 0 fully saturated rings. The quantitative estimate of drug-likeness (QED) is 0.210. The van der Waals surface area contributed by atoms with Gasteiger partial charge in [-0.05, 0) is 74.0 Å². The average Bonchev–Trinajstić information content (AvgIpc) is 3.27. The van der Waals surface area contributed by atoms with Gasteiger partial charge in [0.2, 0.25) is 0 Å². The molecule has 0 radical (unpaired) electrons. The van der Waals surface area contributed by atoms with Crippen LogP contribution in [0, 0.1) is 0 Å². The highest BCUT2D eigenvalue weighted by molar-refractivity contribution is 7.20. The average molecular weight is 460 g/mol. The topological polar surface area (TPSA) is 57.7 Å². The molecule has 6 heteroatoms. The fraction of sp³-hybridized carbons (Fsp3) is 0.185. The number of para-hydroxylation sites is 1. The zero-order valence-electron chi connectivity index (χ0n) is 18.8. The van der Waals surface area contributed by atoms with Crippen molar-refractivity contribution < 1.29 is 19.0 Å². The number of methoxy groups -OCH3 is 1. The lowest BCUT2D eigenvalue weighted by Gasteiger charge is -2.10. The molecule has 4 aromatic rings. The van der Waals surface area contributed by atoms with Crippen LogP contribution in [-0.2, 0) is 0 Å². The van der Waals surface area contributed by atoms with E-state index in [9.17, 15) is 4.79 Å². The third-order valence-corrected chi connectivity index (χ3v) is 6.06. The van der Waals surface area contributed by atoms with Gasteiger partial charge in [-0.1, -0.05) is 18.2 Å². The lowest BCUT2D eigenvalue weighted by molar-refractivity contribution is 0.105. The van der Waals surface area contributed by atoms with Gasteiger partial charge in [0.1, 0.15) is 10.8 Å². The second-order valence-electron chi connectivity index (χ2n) is 7.17. The van der Waals surface area contributed by atoms with Gasteiger partial charge in [-0.2, -0.15) is 0 Å². The minimum Gasteiger partial charge on any atom is -0.494 e. The van der Waals surface area contributed by atoms with Crippen LogP contribution in [-0.4, -0.2) is 31.1 Å². The number of ether oxygens (including phenoxy) is 3. The van der Waals surface area contributed by atoms with Crippen molar-refractivity contribution in [1.82, 2.24) is 4.98 Å². The molecule has 3 aromatic carbocycles. The Morgan fingerprint density at radius 1 is 0.939 bits per heavy atom. The number of nitrogens with zero attached hydrogens (tertiary/aromatic N) is 1. The van der Waals surface area contributed by atoms with Crippen molar-refractivity contribution in [3.63, 3.8) is 0 Å². The molecule has 33 heavy (non-hydrogen) atoms. The van der Waals surface area contributed by atoms with E-state index < -0.39 is 0 Å². The normalized spacial score (nSPS) is 11.4. The summed E-state index contributed by atoms with van der Waals surface area (Å²) in [7, 11) is 1.60. The molecule has 0 unspecified atom stereocenters. The molecular weight excluding hydrogens is 434 g/mol. The molecule has 0 aliphatic rings. The Morgan fingerprint density at radius 3 is 2.39 bits per heavy atom. The largest absolute Gasteiger partial charge is 0.494 e. The standard InChI is InChI=1S/C27H25NO4S/c1-4-31-20-13-11-19(12-14-20)26(29)21(27-28-22-8-6-7-9-25(22)33-27)16-18-10-15-23(32-5-2)24(17-18)30-3/h6-17H,4-5H2,1-3H3. The Hall–Kier alpha value is -3.64. The number of carbonyl (C=O) groups is 1. The van der Waals surface area contributed by atoms with Crippen molar-refractivity contribution in [2.75, 3.05) is 20.3 Å². The fourth-order valence-corrected chi connectivity index (χ4v) is 4.43. The Bertz CT molecular complexity index is 1260. The smallest absolute Gasteiger partial charge is 0.196 e. The van der Waals surface area contributed by atoms with Gasteiger partial charge >= 0.3 is 0 Å². The number of rotatable bonds is 9. The van der Waals surface area contributed by atoms with Crippen molar-refractivity contribution in [3.05, 3.63) is 82.9 Å². The number of benzene rings is 3. The predicted molar refractivity (Wildman–Crippen MR) is 134 cm³/mol. The van der Waals surface area contributed by atoms with E-state index in [1.807, 2.05) is 74.5 Å². The molecule has 0 bridgehead atoms. The van der Waals surface area contributed by atoms with E-state index in [1.165, 1.54) is 11.3 Å². The van der Waals surface area contributed by atoms with Crippen LogP contribution in [0.3, 0.4) is 0 Å². The van der Waals surface area contributed by atoms with E-state index in [0.717, 1.165) is 21.5 Å². The Kier molecular flexibility index (Phi) is 7.05. The van der Waals surface area contributed by atoms with E-state index in [0.29, 0.717) is 40.9 Å². The van der Waals surface area contributed by atoms with Crippen LogP contribution in [0.2, 0.25) is 0 Å². The molecule has 4 rings (SSSR count). The highest BCUT2D eigenvalue weighted by Gasteiger charge is 2.19. The van der Waals surface area contributed by atoms with Crippen LogP contribution in [0.1, 0.15) is 34.8 Å². The van der Waals surface area contributed by atoms with E-state index in [-0.39, 0.29) is 5.78 Å². The third-order valence-electron chi connectivity index (χ3n) is 4.99. The van der Waals surface area contributed by atoms with Crippen LogP contribution < -0.4 is 14.2 Å². The maximum atomic E-state index is 13.6. The number of allylic oxidation sites excluding steroid dienone is 1. The number of thiazole rings is 1. The highest BCUT2D eigenvalue weighted by atomic mass is 32.1. The lowest BCUT2D eigenvalue weighted by Crippen LogP contribution is -2.03. The fourth-order valence-electron chi connectivity index (χ4n) is 3.45. The summed E-state index contributed by atoms with van der Waals surface area (Å²) in [6, 6.07) is 20.7. The third kappa shape index (κ3) is 5.07. The van der Waals surface area contributed by atoms with Gasteiger partial charge in [0.15, 0.2) is 17.3 Å². The summed E-state index contributed by atoms with van der Waals surface area (Å²) < 4.78 is 17.7. The van der Waals surface area contributed by atoms with Crippen molar-refractivity contribution in [2.45, 2.75) is 13.8 Å². The number of Topliss-reactive ketones (excluding diaryl/α,β-unsaturated/α-hetero) is 1. The summed E-state index contributed by atoms with van der Waals surface area (Å²) in [6.07, 6.45) is 1.86. The number of ketones is 1. The van der Waals surface area contributed by atoms with Crippen LogP contribution in [0.4, 0.5) is 0 Å². The number of fused-ring (bicyclic) bond motifs is 1. The number of aromatic nitrogens is 1. The molecule has 5 nitrogen and oxygen atoms in total. The molecule has 0 aliphatic heterocycles. The molecule has 0 amide bonds. The van der Waals surface area contributed by atoms with Crippen molar-refractivity contribution in [2.24, 2.45) is 0 Å². The second-order valence-corrected chi connectivity index (χ2v) is 8.21. The molecule has 1 heterocycles. The van der Waals surface area contributed by atoms with E-state index >= 15 is 0 Å². The SMILES string of the molecule is CCOc1ccc(C(=O)C(=Cc2ccc(OCC)c(OC)c2)c2nc3ccccc3s2)cc1. The summed E-state index contributed by atoms with van der Waals surface area (Å²) in [6.45, 7) is 4.97. The van der Waals surface area contributed by atoms with E-state index in [4.69, 9.17) is 19.2 Å². The van der Waals surface area contributed by atoms with Gasteiger partial charge in [0.05, 0.1) is 36.1 Å². The van der Waals surface area contributed by atoms with E-state index in [2.05, 4.69) is 0 Å². The first kappa shape index (κ1) is 22.6. The molecule has 0 saturated heterocycles. The first-order valence-corrected chi connectivity index (χ1v) is 11.6. The highest BCUT2D eigenvalue weighted by Crippen LogP contribution is 2.33. The maximum absolute atomic E-state index is 13.6. The van der Waals surface area contributed by atoms with Crippen LogP contribution >= 0.6 is 11.3 Å². The molecule has 1 aromatic heterocycles. The summed E-state index contributed by atoms with van der Waals surface area (Å²) >= 11 is 1.50. The molecule has 0 N–H and O–H groups in total. The van der Waals surface area contributed by atoms with Gasteiger partial charge in [-0.15, -0.1) is 11.3 Å². The molecule has 0 aliphatic carbocycles. The second kappa shape index (κ2) is 10.3. The summed E-state index contributed by atoms with van der Waals surface area (Å²) in [5.74, 6) is 1.90. The molecule has 0 saturated carbocycles. The van der Waals surface area contributed by atoms with Gasteiger partial charge in [0, 0.05) is 5.56 Å². The van der Waals surface area contributed by atoms with Gasteiger partial charge in [-0.3, -0.25) is 4.79 Å². The molecule has 168 valence electrons. The van der Waals surface area contributed by atoms with Crippen LogP contribution in [0.5, 0.6) is 17.2 Å². The summed E-state index contributed by atoms with van der Waals surface area (Å²) in [5, 5.41) is 0.669. The first-order chi connectivity index (χ1) is 16.1. The van der Waals surface area contributed by atoms with Crippen LogP contribution in [0.15, 0.2) is 66.7 Å². The number of hydrogen-bond acceptors (Lipinski definition) is 6. The molecule has 0 spiro atoms. The van der Waals surface area contributed by atoms with Gasteiger partial charge in [0.25, 0.3) is 0 Å². The van der Waals surface area contributed by atoms with Crippen molar-refractivity contribution >= 4 is 39.0 Å². The predicted octanol–water partition coefficient (Wildman–Crippen LogP) is 6.53. The number of hydrogen-bond donors (Lipinski definition) is 0. The monoisotopic (exact) mass is 459 g/mol. The minimum absolute atomic E-state index is 0.107. The molecule has 0 atom stereocenters. The Morgan fingerprint density at radius 2 is 1.70 bits per heavy atom. The zero-order valence-corrected chi connectivity index (χ0v) is 19.6. The molecular formula is C27H25NO4S. The van der Waals surface area contributed by atoms with Crippen LogP contribution in [0.25, 0.3) is 21.9 Å². The minimum atomic E-state index is -0.107. The lowest BCUT2D eigenvalue weighted by atomic mass is 10.0. The van der Waals surface area contributed by atoms with Gasteiger partial charge in [-0.25, -0.2) is 4.98 Å². The maximum Gasteiger partial charge on any atom is 0.196 e. The van der Waals surface area contributed by atoms with E-state index in [1.54, 1.807) is 19.2 Å².